The van der Waals surface area contributed by atoms with Crippen molar-refractivity contribution in [3.05, 3.63) is 70.2 Å². The molecule has 0 spiro atoms. The molecule has 0 N–H and O–H groups in total. The van der Waals surface area contributed by atoms with Crippen molar-refractivity contribution in [3.63, 3.8) is 0 Å². The minimum atomic E-state index is -0.676. The van der Waals surface area contributed by atoms with Crippen LogP contribution in [-0.2, 0) is 0 Å². The number of carbonyl (C=O) groups excluding carboxylic acids is 1. The normalized spacial score (nSPS) is 14.3. The number of anilines is 1. The number of amides is 1. The van der Waals surface area contributed by atoms with E-state index in [1.807, 2.05) is 6.07 Å². The van der Waals surface area contributed by atoms with Gasteiger partial charge in [0.1, 0.15) is 21.5 Å². The number of piperazine rings is 1. The van der Waals surface area contributed by atoms with E-state index in [0.717, 1.165) is 30.1 Å². The van der Waals surface area contributed by atoms with Gasteiger partial charge in [0.2, 0.25) is 0 Å². The number of hydrogen-bond donors (Lipinski definition) is 0. The third-order valence-corrected chi connectivity index (χ3v) is 6.26. The summed E-state index contributed by atoms with van der Waals surface area (Å²) in [6.45, 7) is 6.42. The van der Waals surface area contributed by atoms with E-state index in [0.29, 0.717) is 23.7 Å². The minimum absolute atomic E-state index is 0.133. The maximum atomic E-state index is 14.1. The molecule has 4 nitrogen and oxygen atoms in total. The molecule has 7 heteroatoms. The van der Waals surface area contributed by atoms with Gasteiger partial charge in [0.15, 0.2) is 0 Å². The Kier molecular flexibility index (Phi) is 5.32. The molecule has 1 aromatic heterocycles. The molecule has 1 amide bonds. The summed E-state index contributed by atoms with van der Waals surface area (Å²) >= 11 is 1.05. The van der Waals surface area contributed by atoms with Crippen LogP contribution < -0.4 is 4.90 Å². The highest BCUT2D eigenvalue weighted by atomic mass is 32.1. The fraction of sp³-hybridized carbons (Fsp3) is 0.273. The number of nitrogens with zero attached hydrogens (tertiary/aromatic N) is 3. The Morgan fingerprint density at radius 1 is 1.00 bits per heavy atom. The van der Waals surface area contributed by atoms with Crippen molar-refractivity contribution >= 4 is 22.9 Å². The largest absolute Gasteiger partial charge is 0.368 e. The number of halogens is 2. The van der Waals surface area contributed by atoms with Gasteiger partial charge < -0.3 is 9.80 Å². The van der Waals surface area contributed by atoms with Gasteiger partial charge in [-0.2, -0.15) is 0 Å². The second kappa shape index (κ2) is 7.91. The maximum absolute atomic E-state index is 14.1. The summed E-state index contributed by atoms with van der Waals surface area (Å²) in [4.78, 5) is 21.8. The van der Waals surface area contributed by atoms with Crippen LogP contribution in [-0.4, -0.2) is 42.0 Å². The van der Waals surface area contributed by atoms with E-state index >= 15 is 0 Å². The summed E-state index contributed by atoms with van der Waals surface area (Å²) in [5, 5.41) is 0.194. The van der Waals surface area contributed by atoms with Crippen LogP contribution in [0.1, 0.15) is 20.9 Å². The first-order valence-corrected chi connectivity index (χ1v) is 10.3. The molecule has 3 aromatic rings. The molecule has 0 radical (unpaired) electrons. The van der Waals surface area contributed by atoms with E-state index in [1.54, 1.807) is 11.8 Å². The van der Waals surface area contributed by atoms with E-state index in [2.05, 4.69) is 35.0 Å². The van der Waals surface area contributed by atoms with Crippen molar-refractivity contribution in [3.8, 4) is 10.6 Å². The Hall–Kier alpha value is -2.80. The zero-order valence-corrected chi connectivity index (χ0v) is 17.1. The second-order valence-electron chi connectivity index (χ2n) is 7.15. The third-order valence-electron chi connectivity index (χ3n) is 5.10. The molecule has 1 saturated heterocycles. The molecule has 0 bridgehead atoms. The van der Waals surface area contributed by atoms with Gasteiger partial charge in [0.25, 0.3) is 5.91 Å². The first kappa shape index (κ1) is 19.5. The quantitative estimate of drug-likeness (QED) is 0.626. The van der Waals surface area contributed by atoms with Crippen molar-refractivity contribution in [1.82, 2.24) is 9.88 Å². The molecular formula is C22H21F2N3OS. The highest BCUT2D eigenvalue weighted by Crippen LogP contribution is 2.32. The van der Waals surface area contributed by atoms with Crippen LogP contribution >= 0.6 is 11.3 Å². The van der Waals surface area contributed by atoms with E-state index in [-0.39, 0.29) is 16.5 Å². The molecular weight excluding hydrogens is 392 g/mol. The second-order valence-corrected chi connectivity index (χ2v) is 8.15. The number of aryl methyl sites for hydroxylation is 2. The minimum Gasteiger partial charge on any atom is -0.368 e. The van der Waals surface area contributed by atoms with E-state index in [9.17, 15) is 13.6 Å². The lowest BCUT2D eigenvalue weighted by Crippen LogP contribution is -2.48. The Morgan fingerprint density at radius 2 is 1.66 bits per heavy atom. The van der Waals surface area contributed by atoms with Crippen LogP contribution in [0.3, 0.4) is 0 Å². The van der Waals surface area contributed by atoms with Crippen LogP contribution in [0.15, 0.2) is 42.5 Å². The van der Waals surface area contributed by atoms with Gasteiger partial charge in [-0.3, -0.25) is 4.79 Å². The van der Waals surface area contributed by atoms with Crippen LogP contribution in [0.2, 0.25) is 0 Å². The summed E-state index contributed by atoms with van der Waals surface area (Å²) in [6, 6.07) is 12.0. The molecule has 2 aromatic carbocycles. The highest BCUT2D eigenvalue weighted by molar-refractivity contribution is 7.17. The van der Waals surface area contributed by atoms with E-state index in [1.165, 1.54) is 23.8 Å². The van der Waals surface area contributed by atoms with E-state index < -0.39 is 11.6 Å². The molecule has 0 atom stereocenters. The number of rotatable bonds is 3. The summed E-state index contributed by atoms with van der Waals surface area (Å²) in [5.41, 5.74) is 2.68. The predicted molar refractivity (Wildman–Crippen MR) is 111 cm³/mol. The summed E-state index contributed by atoms with van der Waals surface area (Å²) < 4.78 is 28.2. The Balaban J connectivity index is 1.50. The molecule has 0 saturated carbocycles. The monoisotopic (exact) mass is 413 g/mol. The number of thiazole rings is 1. The summed E-state index contributed by atoms with van der Waals surface area (Å²) in [5.74, 6) is -1.49. The topological polar surface area (TPSA) is 36.4 Å². The molecule has 1 aliphatic heterocycles. The molecule has 150 valence electrons. The number of carbonyl (C=O) groups is 1. The molecule has 29 heavy (non-hydrogen) atoms. The Morgan fingerprint density at radius 3 is 2.31 bits per heavy atom. The first-order valence-electron chi connectivity index (χ1n) is 9.47. The standard InChI is InChI=1S/C22H21F2N3OS/c1-14-5-3-6-16(13-14)26-9-11-27(12-10-26)22(28)20-15(2)25-21(29-20)19-17(23)7-4-8-18(19)24/h3-8,13H,9-12H2,1-2H3. The fourth-order valence-corrected chi connectivity index (χ4v) is 4.62. The zero-order chi connectivity index (χ0) is 20.5. The Labute approximate surface area is 172 Å². The van der Waals surface area contributed by atoms with Crippen molar-refractivity contribution < 1.29 is 13.6 Å². The van der Waals surface area contributed by atoms with Crippen molar-refractivity contribution in [1.29, 1.82) is 0 Å². The molecule has 1 fully saturated rings. The maximum Gasteiger partial charge on any atom is 0.265 e. The van der Waals surface area contributed by atoms with Crippen LogP contribution in [0.5, 0.6) is 0 Å². The van der Waals surface area contributed by atoms with Gasteiger partial charge in [0, 0.05) is 31.9 Å². The number of hydrogen-bond acceptors (Lipinski definition) is 4. The van der Waals surface area contributed by atoms with Crippen LogP contribution in [0.4, 0.5) is 14.5 Å². The van der Waals surface area contributed by atoms with Gasteiger partial charge in [-0.05, 0) is 43.7 Å². The predicted octanol–water partition coefficient (Wildman–Crippen LogP) is 4.67. The third kappa shape index (κ3) is 3.87. The number of aromatic nitrogens is 1. The number of benzene rings is 2. The zero-order valence-electron chi connectivity index (χ0n) is 16.3. The highest BCUT2D eigenvalue weighted by Gasteiger charge is 2.27. The SMILES string of the molecule is Cc1cccc(N2CCN(C(=O)c3sc(-c4c(F)cccc4F)nc3C)CC2)c1. The lowest BCUT2D eigenvalue weighted by atomic mass is 10.2. The molecule has 1 aliphatic rings. The Bertz CT molecular complexity index is 1040. The molecule has 2 heterocycles. The summed E-state index contributed by atoms with van der Waals surface area (Å²) in [6.07, 6.45) is 0. The fourth-order valence-electron chi connectivity index (χ4n) is 3.54. The average Bonchev–Trinajstić information content (AvgIpc) is 3.08. The first-order chi connectivity index (χ1) is 13.9. The van der Waals surface area contributed by atoms with Crippen molar-refractivity contribution in [2.75, 3.05) is 31.1 Å². The average molecular weight is 413 g/mol. The molecule has 4 rings (SSSR count). The lowest BCUT2D eigenvalue weighted by molar-refractivity contribution is 0.0750. The van der Waals surface area contributed by atoms with Gasteiger partial charge in [0.05, 0.1) is 11.3 Å². The van der Waals surface area contributed by atoms with Gasteiger partial charge >= 0.3 is 0 Å². The van der Waals surface area contributed by atoms with E-state index in [4.69, 9.17) is 0 Å². The van der Waals surface area contributed by atoms with Gasteiger partial charge in [-0.1, -0.05) is 18.2 Å². The molecule has 0 unspecified atom stereocenters. The van der Waals surface area contributed by atoms with Crippen LogP contribution in [0.25, 0.3) is 10.6 Å². The summed E-state index contributed by atoms with van der Waals surface area (Å²) in [7, 11) is 0. The smallest absolute Gasteiger partial charge is 0.265 e. The van der Waals surface area contributed by atoms with Gasteiger partial charge in [-0.15, -0.1) is 11.3 Å². The lowest BCUT2D eigenvalue weighted by Gasteiger charge is -2.36. The van der Waals surface area contributed by atoms with Crippen LogP contribution in [0, 0.1) is 25.5 Å². The molecule has 0 aliphatic carbocycles. The van der Waals surface area contributed by atoms with Crippen molar-refractivity contribution in [2.45, 2.75) is 13.8 Å². The van der Waals surface area contributed by atoms with Gasteiger partial charge in [-0.25, -0.2) is 13.8 Å². The van der Waals surface area contributed by atoms with Crippen molar-refractivity contribution in [2.24, 2.45) is 0 Å².